The first-order valence-electron chi connectivity index (χ1n) is 6.87. The van der Waals surface area contributed by atoms with E-state index >= 15 is 0 Å². The third kappa shape index (κ3) is 3.12. The largest absolute Gasteiger partial charge is 0.384 e. The van der Waals surface area contributed by atoms with Gasteiger partial charge < -0.3 is 10.6 Å². The highest BCUT2D eigenvalue weighted by Gasteiger charge is 2.09. The Labute approximate surface area is 114 Å². The Balaban J connectivity index is 1.48. The minimum absolute atomic E-state index is 0.912. The summed E-state index contributed by atoms with van der Waals surface area (Å²) >= 11 is 0. The minimum atomic E-state index is 0.912. The number of hydrogen-bond donors (Lipinski definition) is 2. The van der Waals surface area contributed by atoms with E-state index in [-0.39, 0.29) is 0 Å². The maximum absolute atomic E-state index is 4.02. The second-order valence-electron chi connectivity index (χ2n) is 4.95. The van der Waals surface area contributed by atoms with Gasteiger partial charge in [-0.25, -0.2) is 0 Å². The van der Waals surface area contributed by atoms with Crippen LogP contribution in [-0.4, -0.2) is 18.1 Å². The Morgan fingerprint density at radius 1 is 1.11 bits per heavy atom. The first-order chi connectivity index (χ1) is 9.42. The molecule has 0 fully saturated rings. The second-order valence-corrected chi connectivity index (χ2v) is 4.95. The lowest BCUT2D eigenvalue weighted by Gasteiger charge is -2.07. The van der Waals surface area contributed by atoms with Crippen LogP contribution in [0, 0.1) is 0 Å². The molecule has 0 amide bonds. The number of rotatable bonds is 5. The Kier molecular flexibility index (Phi) is 3.75. The topological polar surface area (TPSA) is 37.0 Å². The highest BCUT2D eigenvalue weighted by molar-refractivity contribution is 5.56. The molecule has 1 aliphatic heterocycles. The van der Waals surface area contributed by atoms with E-state index < -0.39 is 0 Å². The Morgan fingerprint density at radius 3 is 2.89 bits per heavy atom. The molecule has 2 N–H and O–H groups in total. The Bertz CT molecular complexity index is 537. The van der Waals surface area contributed by atoms with Crippen LogP contribution in [0.2, 0.25) is 0 Å². The van der Waals surface area contributed by atoms with E-state index in [1.807, 2.05) is 24.5 Å². The van der Waals surface area contributed by atoms with Gasteiger partial charge in [0.25, 0.3) is 0 Å². The van der Waals surface area contributed by atoms with Gasteiger partial charge in [0.2, 0.25) is 0 Å². The van der Waals surface area contributed by atoms with E-state index in [0.717, 1.165) is 32.5 Å². The molecule has 1 aromatic heterocycles. The molecule has 3 rings (SSSR count). The number of aromatic nitrogens is 1. The molecule has 2 aromatic rings. The first-order valence-corrected chi connectivity index (χ1v) is 6.87. The average molecular weight is 253 g/mol. The number of pyridine rings is 1. The number of hydrogen-bond acceptors (Lipinski definition) is 3. The molecule has 0 radical (unpaired) electrons. The lowest BCUT2D eigenvalue weighted by Crippen LogP contribution is -2.16. The molecule has 3 nitrogen and oxygen atoms in total. The van der Waals surface area contributed by atoms with E-state index in [4.69, 9.17) is 0 Å². The fourth-order valence-electron chi connectivity index (χ4n) is 2.48. The molecule has 1 aliphatic rings. The lowest BCUT2D eigenvalue weighted by molar-refractivity contribution is 0.686. The van der Waals surface area contributed by atoms with E-state index in [1.54, 1.807) is 0 Å². The van der Waals surface area contributed by atoms with Gasteiger partial charge >= 0.3 is 0 Å². The van der Waals surface area contributed by atoms with Gasteiger partial charge in [0.15, 0.2) is 0 Å². The molecule has 0 unspecified atom stereocenters. The monoisotopic (exact) mass is 253 g/mol. The lowest BCUT2D eigenvalue weighted by atomic mass is 10.1. The Hall–Kier alpha value is -1.87. The third-order valence-electron chi connectivity index (χ3n) is 3.55. The number of nitrogens with zero attached hydrogens (tertiary/aromatic N) is 1. The summed E-state index contributed by atoms with van der Waals surface area (Å²) in [5, 5.41) is 6.87. The van der Waals surface area contributed by atoms with Crippen LogP contribution in [0.1, 0.15) is 16.7 Å². The SMILES string of the molecule is c1cc(CNCCc2ccc3c(c2)CCN3)ccn1. The van der Waals surface area contributed by atoms with Crippen molar-refractivity contribution < 1.29 is 0 Å². The van der Waals surface area contributed by atoms with Crippen LogP contribution in [-0.2, 0) is 19.4 Å². The standard InChI is InChI=1S/C16H19N3/c1-2-16-15(6-10-19-16)11-13(1)3-9-18-12-14-4-7-17-8-5-14/h1-2,4-5,7-8,11,18-19H,3,6,9-10,12H2. The molecule has 0 saturated carbocycles. The highest BCUT2D eigenvalue weighted by atomic mass is 14.9. The summed E-state index contributed by atoms with van der Waals surface area (Å²) in [5.41, 5.74) is 5.48. The van der Waals surface area contributed by atoms with E-state index in [0.29, 0.717) is 0 Å². The zero-order chi connectivity index (χ0) is 12.9. The van der Waals surface area contributed by atoms with Gasteiger partial charge in [-0.1, -0.05) is 12.1 Å². The average Bonchev–Trinajstić information content (AvgIpc) is 2.92. The molecule has 0 atom stereocenters. The van der Waals surface area contributed by atoms with Gasteiger partial charge in [0, 0.05) is 31.2 Å². The van der Waals surface area contributed by atoms with Crippen molar-refractivity contribution in [2.24, 2.45) is 0 Å². The second kappa shape index (κ2) is 5.85. The van der Waals surface area contributed by atoms with Crippen LogP contribution in [0.4, 0.5) is 5.69 Å². The number of nitrogens with one attached hydrogen (secondary N) is 2. The van der Waals surface area contributed by atoms with Crippen molar-refractivity contribution in [3.05, 3.63) is 59.4 Å². The molecule has 0 spiro atoms. The van der Waals surface area contributed by atoms with Crippen LogP contribution in [0.25, 0.3) is 0 Å². The van der Waals surface area contributed by atoms with Gasteiger partial charge in [0.05, 0.1) is 0 Å². The van der Waals surface area contributed by atoms with Crippen LogP contribution < -0.4 is 10.6 Å². The van der Waals surface area contributed by atoms with Crippen molar-refractivity contribution in [2.45, 2.75) is 19.4 Å². The summed E-state index contributed by atoms with van der Waals surface area (Å²) in [6, 6.07) is 10.9. The number of fused-ring (bicyclic) bond motifs is 1. The van der Waals surface area contributed by atoms with Gasteiger partial charge in [-0.15, -0.1) is 0 Å². The summed E-state index contributed by atoms with van der Waals surface area (Å²) in [6.07, 6.45) is 5.92. The van der Waals surface area contributed by atoms with E-state index in [9.17, 15) is 0 Å². The van der Waals surface area contributed by atoms with Crippen LogP contribution >= 0.6 is 0 Å². The smallest absolute Gasteiger partial charge is 0.0373 e. The maximum Gasteiger partial charge on any atom is 0.0373 e. The Morgan fingerprint density at radius 2 is 2.00 bits per heavy atom. The van der Waals surface area contributed by atoms with Crippen LogP contribution in [0.15, 0.2) is 42.7 Å². The van der Waals surface area contributed by atoms with Gasteiger partial charge in [0.1, 0.15) is 0 Å². The molecular formula is C16H19N3. The predicted molar refractivity (Wildman–Crippen MR) is 78.3 cm³/mol. The fraction of sp³-hybridized carbons (Fsp3) is 0.312. The van der Waals surface area contributed by atoms with Crippen LogP contribution in [0.3, 0.4) is 0 Å². The quantitative estimate of drug-likeness (QED) is 0.803. The fourth-order valence-corrected chi connectivity index (χ4v) is 2.48. The summed E-state index contributed by atoms with van der Waals surface area (Å²) in [5.74, 6) is 0. The zero-order valence-electron chi connectivity index (χ0n) is 11.0. The summed E-state index contributed by atoms with van der Waals surface area (Å²) in [7, 11) is 0. The van der Waals surface area contributed by atoms with Crippen molar-refractivity contribution in [1.29, 1.82) is 0 Å². The summed E-state index contributed by atoms with van der Waals surface area (Å²) in [6.45, 7) is 3.00. The molecular weight excluding hydrogens is 234 g/mol. The summed E-state index contributed by atoms with van der Waals surface area (Å²) < 4.78 is 0. The normalized spacial score (nSPS) is 13.1. The van der Waals surface area contributed by atoms with Gasteiger partial charge in [-0.05, 0) is 54.3 Å². The van der Waals surface area contributed by atoms with Crippen molar-refractivity contribution in [3.63, 3.8) is 0 Å². The van der Waals surface area contributed by atoms with Gasteiger partial charge in [-0.3, -0.25) is 4.98 Å². The number of anilines is 1. The van der Waals surface area contributed by atoms with Crippen molar-refractivity contribution >= 4 is 5.69 Å². The van der Waals surface area contributed by atoms with Crippen molar-refractivity contribution in [1.82, 2.24) is 10.3 Å². The first kappa shape index (κ1) is 12.2. The molecule has 98 valence electrons. The van der Waals surface area contributed by atoms with Crippen molar-refractivity contribution in [2.75, 3.05) is 18.4 Å². The molecule has 0 saturated heterocycles. The van der Waals surface area contributed by atoms with E-state index in [2.05, 4.69) is 33.8 Å². The molecule has 1 aromatic carbocycles. The summed E-state index contributed by atoms with van der Waals surface area (Å²) in [4.78, 5) is 4.02. The van der Waals surface area contributed by atoms with Gasteiger partial charge in [-0.2, -0.15) is 0 Å². The van der Waals surface area contributed by atoms with Crippen molar-refractivity contribution in [3.8, 4) is 0 Å². The predicted octanol–water partition coefficient (Wildman–Crippen LogP) is 2.38. The number of benzene rings is 1. The minimum Gasteiger partial charge on any atom is -0.384 e. The molecule has 0 aliphatic carbocycles. The molecule has 19 heavy (non-hydrogen) atoms. The van der Waals surface area contributed by atoms with E-state index in [1.165, 1.54) is 22.4 Å². The molecule has 0 bridgehead atoms. The highest BCUT2D eigenvalue weighted by Crippen LogP contribution is 2.22. The molecule has 3 heteroatoms. The van der Waals surface area contributed by atoms with Crippen LogP contribution in [0.5, 0.6) is 0 Å². The third-order valence-corrected chi connectivity index (χ3v) is 3.55. The molecule has 2 heterocycles. The zero-order valence-corrected chi connectivity index (χ0v) is 11.0. The maximum atomic E-state index is 4.02.